The second kappa shape index (κ2) is 8.02. The normalized spacial score (nSPS) is 20.5. The van der Waals surface area contributed by atoms with E-state index in [4.69, 9.17) is 4.98 Å². The molecule has 1 aliphatic heterocycles. The third-order valence-electron chi connectivity index (χ3n) is 7.02. The molecule has 2 aliphatic rings. The molecule has 2 aromatic carbocycles. The van der Waals surface area contributed by atoms with Gasteiger partial charge in [-0.25, -0.2) is 4.98 Å². The van der Waals surface area contributed by atoms with Crippen LogP contribution >= 0.6 is 15.9 Å². The summed E-state index contributed by atoms with van der Waals surface area (Å²) in [5.74, 6) is 1.52. The number of aromatic nitrogens is 2. The predicted octanol–water partition coefficient (Wildman–Crippen LogP) is 5.39. The standard InChI is InChI=1S/C26H32BrN3O/c1-17-4-7-24-23(12-17)28-25(26(2,3)31)30(24)22-8-10-29(11-9-22)16-18-13-19-5-6-21(27)15-20(19)14-18/h4-7,12,15,18,22,31H,8-11,13-14,16H2,1-3H3/t18-/m1/s1. The van der Waals surface area contributed by atoms with E-state index in [-0.39, 0.29) is 0 Å². The molecule has 1 fully saturated rings. The second-order valence-corrected chi connectivity index (χ2v) is 11.0. The van der Waals surface area contributed by atoms with Crippen molar-refractivity contribution in [3.63, 3.8) is 0 Å². The molecule has 0 bridgehead atoms. The van der Waals surface area contributed by atoms with Crippen molar-refractivity contribution in [1.29, 1.82) is 0 Å². The molecule has 31 heavy (non-hydrogen) atoms. The molecule has 1 N–H and O–H groups in total. The van der Waals surface area contributed by atoms with E-state index in [2.05, 4.69) is 68.7 Å². The van der Waals surface area contributed by atoms with Crippen molar-refractivity contribution in [1.82, 2.24) is 14.5 Å². The van der Waals surface area contributed by atoms with Gasteiger partial charge in [0.25, 0.3) is 0 Å². The van der Waals surface area contributed by atoms with Crippen molar-refractivity contribution < 1.29 is 5.11 Å². The molecule has 0 saturated carbocycles. The number of aryl methyl sites for hydroxylation is 1. The van der Waals surface area contributed by atoms with E-state index in [9.17, 15) is 5.11 Å². The molecule has 0 radical (unpaired) electrons. The first-order chi connectivity index (χ1) is 14.8. The zero-order valence-corrected chi connectivity index (χ0v) is 20.3. The minimum Gasteiger partial charge on any atom is -0.383 e. The number of hydrogen-bond acceptors (Lipinski definition) is 3. The van der Waals surface area contributed by atoms with E-state index >= 15 is 0 Å². The van der Waals surface area contributed by atoms with Crippen LogP contribution in [0.5, 0.6) is 0 Å². The van der Waals surface area contributed by atoms with Crippen molar-refractivity contribution in [3.05, 3.63) is 63.4 Å². The molecule has 0 amide bonds. The van der Waals surface area contributed by atoms with E-state index in [1.165, 1.54) is 40.5 Å². The molecule has 1 saturated heterocycles. The summed E-state index contributed by atoms with van der Waals surface area (Å²) in [6.45, 7) is 9.20. The van der Waals surface area contributed by atoms with E-state index in [0.717, 1.165) is 48.7 Å². The van der Waals surface area contributed by atoms with Crippen molar-refractivity contribution in [2.24, 2.45) is 5.92 Å². The molecule has 5 heteroatoms. The molecule has 0 unspecified atom stereocenters. The highest BCUT2D eigenvalue weighted by Crippen LogP contribution is 2.35. The first kappa shape index (κ1) is 21.2. The summed E-state index contributed by atoms with van der Waals surface area (Å²) in [4.78, 5) is 7.50. The number of fused-ring (bicyclic) bond motifs is 2. The maximum absolute atomic E-state index is 10.8. The first-order valence-electron chi connectivity index (χ1n) is 11.5. The molecule has 0 spiro atoms. The largest absolute Gasteiger partial charge is 0.383 e. The Morgan fingerprint density at radius 2 is 1.81 bits per heavy atom. The lowest BCUT2D eigenvalue weighted by molar-refractivity contribution is 0.0603. The Hall–Kier alpha value is -1.69. The Labute approximate surface area is 193 Å². The van der Waals surface area contributed by atoms with Crippen molar-refractivity contribution in [2.75, 3.05) is 19.6 Å². The minimum atomic E-state index is -0.950. The van der Waals surface area contributed by atoms with Crippen LogP contribution in [-0.4, -0.2) is 39.2 Å². The number of halogens is 1. The molecular formula is C26H32BrN3O. The van der Waals surface area contributed by atoms with Gasteiger partial charge in [-0.2, -0.15) is 0 Å². The van der Waals surface area contributed by atoms with Crippen LogP contribution in [0.4, 0.5) is 0 Å². The van der Waals surface area contributed by atoms with Crippen LogP contribution in [0.1, 0.15) is 55.2 Å². The van der Waals surface area contributed by atoms with Gasteiger partial charge in [0.15, 0.2) is 0 Å². The van der Waals surface area contributed by atoms with Gasteiger partial charge in [0, 0.05) is 30.1 Å². The van der Waals surface area contributed by atoms with Crippen LogP contribution in [0.25, 0.3) is 11.0 Å². The van der Waals surface area contributed by atoms with Crippen LogP contribution in [0.15, 0.2) is 40.9 Å². The van der Waals surface area contributed by atoms with Gasteiger partial charge >= 0.3 is 0 Å². The number of hydrogen-bond donors (Lipinski definition) is 1. The Morgan fingerprint density at radius 1 is 1.06 bits per heavy atom. The SMILES string of the molecule is Cc1ccc2c(c1)nc(C(C)(C)O)n2C1CCN(C[C@@H]2Cc3ccc(Br)cc3C2)CC1. The number of rotatable bonds is 4. The minimum absolute atomic E-state index is 0.391. The first-order valence-corrected chi connectivity index (χ1v) is 12.3. The van der Waals surface area contributed by atoms with Crippen molar-refractivity contribution in [3.8, 4) is 0 Å². The van der Waals surface area contributed by atoms with Gasteiger partial charge in [0.1, 0.15) is 11.4 Å². The predicted molar refractivity (Wildman–Crippen MR) is 129 cm³/mol. The van der Waals surface area contributed by atoms with Crippen LogP contribution in [-0.2, 0) is 18.4 Å². The maximum atomic E-state index is 10.8. The van der Waals surface area contributed by atoms with Gasteiger partial charge in [-0.15, -0.1) is 0 Å². The zero-order valence-electron chi connectivity index (χ0n) is 18.7. The maximum Gasteiger partial charge on any atom is 0.141 e. The average molecular weight is 482 g/mol. The number of likely N-dealkylation sites (tertiary alicyclic amines) is 1. The smallest absolute Gasteiger partial charge is 0.141 e. The van der Waals surface area contributed by atoms with Gasteiger partial charge < -0.3 is 14.6 Å². The van der Waals surface area contributed by atoms with Crippen LogP contribution in [0.2, 0.25) is 0 Å². The quantitative estimate of drug-likeness (QED) is 0.543. The zero-order chi connectivity index (χ0) is 21.8. The lowest BCUT2D eigenvalue weighted by atomic mass is 9.99. The Kier molecular flexibility index (Phi) is 5.48. The number of piperidine rings is 1. The number of imidazole rings is 1. The number of nitrogens with zero attached hydrogens (tertiary/aromatic N) is 3. The van der Waals surface area contributed by atoms with Crippen LogP contribution in [0.3, 0.4) is 0 Å². The summed E-state index contributed by atoms with van der Waals surface area (Å²) in [6, 6.07) is 13.6. The molecule has 1 aromatic heterocycles. The Morgan fingerprint density at radius 3 is 2.55 bits per heavy atom. The number of benzene rings is 2. The number of aliphatic hydroxyl groups is 1. The lowest BCUT2D eigenvalue weighted by Gasteiger charge is -2.35. The molecule has 3 aromatic rings. The van der Waals surface area contributed by atoms with Gasteiger partial charge in [-0.1, -0.05) is 28.1 Å². The van der Waals surface area contributed by atoms with Crippen LogP contribution in [0, 0.1) is 12.8 Å². The monoisotopic (exact) mass is 481 g/mol. The highest BCUT2D eigenvalue weighted by molar-refractivity contribution is 9.10. The fourth-order valence-electron chi connectivity index (χ4n) is 5.54. The van der Waals surface area contributed by atoms with E-state index in [1.807, 2.05) is 13.8 Å². The van der Waals surface area contributed by atoms with Gasteiger partial charge in [-0.3, -0.25) is 0 Å². The lowest BCUT2D eigenvalue weighted by Crippen LogP contribution is -2.39. The molecule has 164 valence electrons. The summed E-state index contributed by atoms with van der Waals surface area (Å²) in [5, 5.41) is 10.8. The molecule has 1 atom stereocenters. The van der Waals surface area contributed by atoms with Gasteiger partial charge in [0.05, 0.1) is 11.0 Å². The van der Waals surface area contributed by atoms with E-state index in [1.54, 1.807) is 0 Å². The second-order valence-electron chi connectivity index (χ2n) is 10.1. The molecule has 2 heterocycles. The molecular weight excluding hydrogens is 450 g/mol. The summed E-state index contributed by atoms with van der Waals surface area (Å²) in [7, 11) is 0. The Bertz CT molecular complexity index is 1110. The highest BCUT2D eigenvalue weighted by Gasteiger charge is 2.31. The van der Waals surface area contributed by atoms with Gasteiger partial charge in [-0.05, 0) is 93.3 Å². The highest BCUT2D eigenvalue weighted by atomic mass is 79.9. The van der Waals surface area contributed by atoms with Crippen molar-refractivity contribution >= 4 is 27.0 Å². The average Bonchev–Trinajstić information content (AvgIpc) is 3.28. The third kappa shape index (κ3) is 4.20. The topological polar surface area (TPSA) is 41.3 Å². The van der Waals surface area contributed by atoms with Gasteiger partial charge in [0.2, 0.25) is 0 Å². The molecule has 5 rings (SSSR count). The fourth-order valence-corrected chi connectivity index (χ4v) is 5.95. The molecule has 1 aliphatic carbocycles. The summed E-state index contributed by atoms with van der Waals surface area (Å²) in [6.07, 6.45) is 4.61. The van der Waals surface area contributed by atoms with E-state index in [0.29, 0.717) is 6.04 Å². The molecule has 4 nitrogen and oxygen atoms in total. The third-order valence-corrected chi connectivity index (χ3v) is 7.51. The summed E-state index contributed by atoms with van der Waals surface area (Å²) in [5.41, 5.74) is 5.45. The van der Waals surface area contributed by atoms with Crippen molar-refractivity contribution in [2.45, 2.75) is 58.1 Å². The van der Waals surface area contributed by atoms with E-state index < -0.39 is 5.60 Å². The van der Waals surface area contributed by atoms with Crippen LogP contribution < -0.4 is 0 Å². The Balaban J connectivity index is 1.29. The fraction of sp³-hybridized carbons (Fsp3) is 0.500. The summed E-state index contributed by atoms with van der Waals surface area (Å²) < 4.78 is 3.52. The summed E-state index contributed by atoms with van der Waals surface area (Å²) >= 11 is 3.61.